The number of furan rings is 2. The van der Waals surface area contributed by atoms with Gasteiger partial charge in [0.1, 0.15) is 11.2 Å². The van der Waals surface area contributed by atoms with Crippen LogP contribution in [-0.4, -0.2) is 15.9 Å². The minimum Gasteiger partial charge on any atom is -0.454 e. The molecule has 210 valence electrons. The van der Waals surface area contributed by atoms with Crippen LogP contribution in [0, 0.1) is 0 Å². The van der Waals surface area contributed by atoms with Crippen LogP contribution in [0.3, 0.4) is 0 Å². The average molecular weight is 602 g/mol. The van der Waals surface area contributed by atoms with E-state index in [9.17, 15) is 0 Å². The zero-order valence-electron chi connectivity index (χ0n) is 24.2. The number of nitrogens with zero attached hydrogens (tertiary/aromatic N) is 2. The van der Waals surface area contributed by atoms with Crippen molar-refractivity contribution in [3.05, 3.63) is 115 Å². The van der Waals surface area contributed by atoms with Gasteiger partial charge in [-0.25, -0.2) is 0 Å². The largest absolute Gasteiger partial charge is 0.454 e. The summed E-state index contributed by atoms with van der Waals surface area (Å²) in [6.45, 7) is -0.0306. The lowest BCUT2D eigenvalue weighted by Crippen LogP contribution is -2.55. The van der Waals surface area contributed by atoms with Crippen molar-refractivity contribution in [3.63, 3.8) is 0 Å². The first-order chi connectivity index (χ1) is 22.8. The predicted octanol–water partition coefficient (Wildman–Crippen LogP) is 9.70. The molecule has 0 atom stereocenters. The van der Waals surface area contributed by atoms with Gasteiger partial charge in [-0.15, -0.1) is 11.3 Å². The van der Waals surface area contributed by atoms with Gasteiger partial charge in [0.05, 0.1) is 16.4 Å². The van der Waals surface area contributed by atoms with Crippen LogP contribution in [0.1, 0.15) is 0 Å². The van der Waals surface area contributed by atoms with Gasteiger partial charge in [-0.2, -0.15) is 0 Å². The van der Waals surface area contributed by atoms with Crippen LogP contribution in [0.25, 0.3) is 103 Å². The van der Waals surface area contributed by atoms with E-state index in [2.05, 4.69) is 124 Å². The van der Waals surface area contributed by atoms with Crippen LogP contribution in [0.2, 0.25) is 0 Å². The highest BCUT2D eigenvalue weighted by molar-refractivity contribution is 7.26. The molecule has 2 aliphatic heterocycles. The second kappa shape index (κ2) is 7.39. The van der Waals surface area contributed by atoms with E-state index in [1.807, 2.05) is 11.3 Å². The summed E-state index contributed by atoms with van der Waals surface area (Å²) in [5, 5.41) is 8.49. The summed E-state index contributed by atoms with van der Waals surface area (Å²) >= 11 is 1.91. The van der Waals surface area contributed by atoms with Crippen LogP contribution in [0.15, 0.2) is 124 Å². The molecule has 11 aromatic rings. The van der Waals surface area contributed by atoms with Crippen LogP contribution in [-0.2, 0) is 0 Å². The average Bonchev–Trinajstić information content (AvgIpc) is 3.89. The Bertz CT molecular complexity index is 3220. The monoisotopic (exact) mass is 602 g/mol. The fraction of sp³-hybridized carbons (Fsp3) is 0. The highest BCUT2D eigenvalue weighted by Gasteiger charge is 2.44. The van der Waals surface area contributed by atoms with Gasteiger partial charge in [0.25, 0.3) is 0 Å². The molecule has 13 rings (SSSR count). The molecule has 5 aromatic heterocycles. The van der Waals surface area contributed by atoms with Crippen LogP contribution >= 0.6 is 11.3 Å². The predicted molar refractivity (Wildman–Crippen MR) is 192 cm³/mol. The first-order valence-corrected chi connectivity index (χ1v) is 16.5. The van der Waals surface area contributed by atoms with E-state index < -0.39 is 0 Å². The van der Waals surface area contributed by atoms with Gasteiger partial charge < -0.3 is 13.3 Å². The van der Waals surface area contributed by atoms with Crippen molar-refractivity contribution in [2.24, 2.45) is 0 Å². The van der Waals surface area contributed by atoms with Crippen molar-refractivity contribution >= 4 is 115 Å². The first-order valence-electron chi connectivity index (χ1n) is 15.7. The quantitative estimate of drug-likeness (QED) is 0.162. The number of aromatic nitrogens is 2. The molecule has 0 radical (unpaired) electrons. The molecule has 2 aliphatic rings. The zero-order chi connectivity index (χ0) is 29.4. The van der Waals surface area contributed by atoms with Gasteiger partial charge >= 0.3 is 6.85 Å². The van der Waals surface area contributed by atoms with Crippen molar-refractivity contribution < 1.29 is 8.83 Å². The lowest BCUT2D eigenvalue weighted by atomic mass is 9.45. The maximum Gasteiger partial charge on any atom is 0.333 e. The van der Waals surface area contributed by atoms with Crippen molar-refractivity contribution in [2.75, 3.05) is 0 Å². The van der Waals surface area contributed by atoms with E-state index in [1.54, 1.807) is 0 Å². The van der Waals surface area contributed by atoms with E-state index >= 15 is 0 Å². The number of fused-ring (bicyclic) bond motifs is 18. The molecule has 0 saturated heterocycles. The van der Waals surface area contributed by atoms with Crippen LogP contribution in [0.5, 0.6) is 0 Å². The minimum atomic E-state index is -0.0306. The summed E-state index contributed by atoms with van der Waals surface area (Å²) in [6.07, 6.45) is 0. The molecule has 0 unspecified atom stereocenters. The van der Waals surface area contributed by atoms with Gasteiger partial charge in [0.15, 0.2) is 5.58 Å². The fourth-order valence-corrected chi connectivity index (χ4v) is 10.3. The topological polar surface area (TPSA) is 36.1 Å². The highest BCUT2D eigenvalue weighted by atomic mass is 32.1. The number of rotatable bonds is 0. The molecule has 4 nitrogen and oxygen atoms in total. The summed E-state index contributed by atoms with van der Waals surface area (Å²) in [4.78, 5) is 0. The van der Waals surface area contributed by atoms with Gasteiger partial charge in [-0.1, -0.05) is 78.9 Å². The first kappa shape index (κ1) is 22.7. The van der Waals surface area contributed by atoms with Crippen molar-refractivity contribution in [1.82, 2.24) is 9.05 Å². The minimum absolute atomic E-state index is 0.0306. The molecule has 0 aliphatic carbocycles. The Morgan fingerprint density at radius 3 is 2.24 bits per heavy atom. The summed E-state index contributed by atoms with van der Waals surface area (Å²) < 4.78 is 21.2. The third-order valence-electron chi connectivity index (χ3n) is 10.7. The zero-order valence-corrected chi connectivity index (χ0v) is 25.0. The van der Waals surface area contributed by atoms with Gasteiger partial charge in [-0.3, -0.25) is 4.57 Å². The van der Waals surface area contributed by atoms with Crippen LogP contribution in [0.4, 0.5) is 0 Å². The lowest BCUT2D eigenvalue weighted by Gasteiger charge is -2.33. The highest BCUT2D eigenvalue weighted by Crippen LogP contribution is 2.50. The molecule has 0 amide bonds. The molecular formula is C40H19BN2O2S. The molecule has 0 N–H and O–H groups in total. The number of para-hydroxylation sites is 4. The Morgan fingerprint density at radius 1 is 0.587 bits per heavy atom. The fourth-order valence-electron chi connectivity index (χ4n) is 9.04. The SMILES string of the molecule is c1ccc2c(c1)oc1c2c2cccc3c2n1-c1cc2c(sc4ccccc42)c2c1B3n1c3c-2cccc3c2oc3ccccc3c21. The van der Waals surface area contributed by atoms with Crippen molar-refractivity contribution in [1.29, 1.82) is 0 Å². The summed E-state index contributed by atoms with van der Waals surface area (Å²) in [5.41, 5.74) is 13.8. The molecule has 0 fully saturated rings. The Kier molecular flexibility index (Phi) is 3.65. The second-order valence-electron chi connectivity index (χ2n) is 12.8. The standard InChI is InChI=1S/C40H19BN2O2S/c1-4-16-29-21(10-1)32-23-13-8-15-27-36(23)42(40(32)45-29)28-19-26-20-9-3-6-18-31(20)46-39(26)33-24-12-7-14-25-35(24)43(41(27)34(28)33)37-22-11-2-5-17-30(22)44-38(25)37/h1-19H. The number of benzene rings is 6. The summed E-state index contributed by atoms with van der Waals surface area (Å²) in [7, 11) is 0. The third kappa shape index (κ3) is 2.33. The Morgan fingerprint density at radius 2 is 1.33 bits per heavy atom. The van der Waals surface area contributed by atoms with Crippen molar-refractivity contribution in [3.8, 4) is 16.8 Å². The number of hydrogen-bond donors (Lipinski definition) is 0. The van der Waals surface area contributed by atoms with Gasteiger partial charge in [0, 0.05) is 64.0 Å². The normalized spacial score (nSPS) is 13.6. The van der Waals surface area contributed by atoms with Crippen LogP contribution < -0.4 is 10.9 Å². The van der Waals surface area contributed by atoms with E-state index in [0.29, 0.717) is 0 Å². The maximum atomic E-state index is 6.78. The van der Waals surface area contributed by atoms with Gasteiger partial charge in [0.2, 0.25) is 5.71 Å². The van der Waals surface area contributed by atoms with E-state index in [0.717, 1.165) is 33.2 Å². The van der Waals surface area contributed by atoms with E-state index in [-0.39, 0.29) is 6.85 Å². The van der Waals surface area contributed by atoms with E-state index in [1.165, 1.54) is 80.6 Å². The molecule has 0 saturated carbocycles. The molecule has 0 spiro atoms. The van der Waals surface area contributed by atoms with Crippen molar-refractivity contribution in [2.45, 2.75) is 0 Å². The van der Waals surface area contributed by atoms with E-state index in [4.69, 9.17) is 8.83 Å². The third-order valence-corrected chi connectivity index (χ3v) is 11.9. The summed E-state index contributed by atoms with van der Waals surface area (Å²) in [5.74, 6) is 0. The molecule has 6 aromatic carbocycles. The Balaban J connectivity index is 1.35. The second-order valence-corrected chi connectivity index (χ2v) is 13.8. The van der Waals surface area contributed by atoms with Gasteiger partial charge in [-0.05, 0) is 47.3 Å². The molecule has 6 heteroatoms. The number of thiophene rings is 1. The molecule has 0 bridgehead atoms. The smallest absolute Gasteiger partial charge is 0.333 e. The molecular weight excluding hydrogens is 583 g/mol. The number of hydrogen-bond acceptors (Lipinski definition) is 3. The Hall–Kier alpha value is -5.72. The Labute approximate surface area is 264 Å². The molecule has 7 heterocycles. The summed E-state index contributed by atoms with van der Waals surface area (Å²) in [6, 6.07) is 41.8. The lowest BCUT2D eigenvalue weighted by molar-refractivity contribution is 0.645. The maximum absolute atomic E-state index is 6.78. The molecule has 46 heavy (non-hydrogen) atoms.